The molecule has 4 fully saturated rings. The fourth-order valence-corrected chi connectivity index (χ4v) is 5.14. The molecule has 0 spiro atoms. The molecular formula is C24H44O22. The molecule has 4 heterocycles. The normalized spacial score (nSPS) is 51.7. The van der Waals surface area contributed by atoms with E-state index in [4.69, 9.17) is 49.2 Å². The van der Waals surface area contributed by atoms with Gasteiger partial charge in [0.05, 0.1) is 26.4 Å². The van der Waals surface area contributed by atoms with Crippen molar-refractivity contribution in [2.24, 2.45) is 0 Å². The van der Waals surface area contributed by atoms with Crippen molar-refractivity contribution in [3.8, 4) is 0 Å². The Morgan fingerprint density at radius 1 is 0.326 bits per heavy atom. The van der Waals surface area contributed by atoms with Crippen LogP contribution in [0.1, 0.15) is 0 Å². The first-order chi connectivity index (χ1) is 21.6. The van der Waals surface area contributed by atoms with Crippen LogP contribution in [0.3, 0.4) is 0 Å². The third-order valence-corrected chi connectivity index (χ3v) is 7.96. The molecule has 0 bridgehead atoms. The molecule has 4 rings (SSSR count). The summed E-state index contributed by atoms with van der Waals surface area (Å²) in [4.78, 5) is 0. The molecular weight excluding hydrogens is 640 g/mol. The minimum atomic E-state index is -1.91. The molecule has 22 nitrogen and oxygen atoms in total. The molecule has 0 saturated carbocycles. The van der Waals surface area contributed by atoms with E-state index in [1.165, 1.54) is 0 Å². The Hall–Kier alpha value is -0.880. The van der Waals surface area contributed by atoms with E-state index in [1.54, 1.807) is 0 Å². The lowest BCUT2D eigenvalue weighted by Crippen LogP contribution is -2.66. The Bertz CT molecular complexity index is 893. The average Bonchev–Trinajstić information content (AvgIpc) is 3.05. The maximum Gasteiger partial charge on any atom is 0.187 e. The summed E-state index contributed by atoms with van der Waals surface area (Å²) in [7, 11) is 0. The standard InChI is InChI=1S/C18H32O16.C6H12O6/c19-1-4-7(22)8(23)12(27)17(31-4)34-15-6(3-21)32-18(13(28)10(15)25)33-14-5(2-20)30-16(29)11(26)9(14)24;7-1-2-3(8)4(9)5(10)6(11)12-2/h4-29H,1-3H2;2-11H,1H2/t;2-,3-,4+,5-,6?/m.1/s1. The summed E-state index contributed by atoms with van der Waals surface area (Å²) in [6.45, 7) is -2.85. The van der Waals surface area contributed by atoms with Crippen molar-refractivity contribution >= 4 is 0 Å². The van der Waals surface area contributed by atoms with Gasteiger partial charge in [0.15, 0.2) is 25.2 Å². The molecule has 4 aliphatic heterocycles. The second kappa shape index (κ2) is 17.2. The molecule has 16 unspecified atom stereocenters. The number of ether oxygens (including phenoxy) is 6. The van der Waals surface area contributed by atoms with Crippen molar-refractivity contribution in [3.63, 3.8) is 0 Å². The van der Waals surface area contributed by atoms with E-state index in [1.807, 2.05) is 0 Å². The van der Waals surface area contributed by atoms with E-state index >= 15 is 0 Å². The predicted octanol–water partition coefficient (Wildman–Crippen LogP) is -10.8. The van der Waals surface area contributed by atoms with Gasteiger partial charge in [-0.05, 0) is 0 Å². The van der Waals surface area contributed by atoms with E-state index < -0.39 is 149 Å². The Morgan fingerprint density at radius 3 is 1.09 bits per heavy atom. The second-order valence-electron chi connectivity index (χ2n) is 11.1. The monoisotopic (exact) mass is 684 g/mol. The van der Waals surface area contributed by atoms with Crippen molar-refractivity contribution < 1.29 is 110 Å². The van der Waals surface area contributed by atoms with Crippen LogP contribution < -0.4 is 0 Å². The first-order valence-corrected chi connectivity index (χ1v) is 14.2. The van der Waals surface area contributed by atoms with Gasteiger partial charge in [-0.15, -0.1) is 0 Å². The zero-order chi connectivity index (χ0) is 34.6. The van der Waals surface area contributed by atoms with Gasteiger partial charge in [0.25, 0.3) is 0 Å². The van der Waals surface area contributed by atoms with E-state index in [0.717, 1.165) is 0 Å². The zero-order valence-electron chi connectivity index (χ0n) is 24.0. The number of aliphatic hydroxyl groups excluding tert-OH is 16. The minimum absolute atomic E-state index is 0.526. The van der Waals surface area contributed by atoms with Crippen molar-refractivity contribution in [1.82, 2.24) is 0 Å². The fraction of sp³-hybridized carbons (Fsp3) is 1.00. The molecule has 4 saturated heterocycles. The van der Waals surface area contributed by atoms with Crippen molar-refractivity contribution in [2.75, 3.05) is 26.4 Å². The first kappa shape index (κ1) is 39.6. The van der Waals surface area contributed by atoms with Gasteiger partial charge in [-0.1, -0.05) is 0 Å². The average molecular weight is 685 g/mol. The SMILES string of the molecule is OCC1OC(OC2C(CO)OC(OC3C(CO)OC(O)C(O)C3O)C(O)C2O)C(O)C(O)C1O.OC[C@H]1OC(O)[C@H](O)[C@@H](O)[C@@H]1O. The summed E-state index contributed by atoms with van der Waals surface area (Å²) in [5.74, 6) is 0. The first-order valence-electron chi connectivity index (χ1n) is 14.2. The molecule has 0 amide bonds. The fourth-order valence-electron chi connectivity index (χ4n) is 5.14. The highest BCUT2D eigenvalue weighted by molar-refractivity contribution is 4.96. The summed E-state index contributed by atoms with van der Waals surface area (Å²) >= 11 is 0. The lowest BCUT2D eigenvalue weighted by atomic mass is 9.96. The number of hydrogen-bond acceptors (Lipinski definition) is 22. The molecule has 20 atom stereocenters. The Labute approximate surface area is 260 Å². The highest BCUT2D eigenvalue weighted by Crippen LogP contribution is 2.32. The van der Waals surface area contributed by atoms with Gasteiger partial charge in [-0.25, -0.2) is 0 Å². The third-order valence-electron chi connectivity index (χ3n) is 7.96. The Kier molecular flexibility index (Phi) is 14.8. The van der Waals surface area contributed by atoms with Crippen LogP contribution in [0.5, 0.6) is 0 Å². The van der Waals surface area contributed by atoms with Gasteiger partial charge in [-0.2, -0.15) is 0 Å². The van der Waals surface area contributed by atoms with E-state index in [-0.39, 0.29) is 0 Å². The highest BCUT2D eigenvalue weighted by atomic mass is 16.8. The Morgan fingerprint density at radius 2 is 0.630 bits per heavy atom. The van der Waals surface area contributed by atoms with Crippen LogP contribution in [0.2, 0.25) is 0 Å². The summed E-state index contributed by atoms with van der Waals surface area (Å²) < 4.78 is 31.0. The van der Waals surface area contributed by atoms with Crippen LogP contribution in [0.25, 0.3) is 0 Å². The van der Waals surface area contributed by atoms with Gasteiger partial charge in [0.1, 0.15) is 97.7 Å². The van der Waals surface area contributed by atoms with Crippen LogP contribution in [-0.4, -0.2) is 231 Å². The summed E-state index contributed by atoms with van der Waals surface area (Å²) in [6, 6.07) is 0. The van der Waals surface area contributed by atoms with Crippen molar-refractivity contribution in [3.05, 3.63) is 0 Å². The number of rotatable bonds is 8. The van der Waals surface area contributed by atoms with Crippen molar-refractivity contribution in [1.29, 1.82) is 0 Å². The Balaban J connectivity index is 0.000000402. The van der Waals surface area contributed by atoms with Gasteiger partial charge in [0, 0.05) is 0 Å². The summed E-state index contributed by atoms with van der Waals surface area (Å²) in [5, 5.41) is 154. The van der Waals surface area contributed by atoms with Crippen LogP contribution in [0.15, 0.2) is 0 Å². The molecule has 0 aromatic heterocycles. The number of hydrogen-bond donors (Lipinski definition) is 16. The second-order valence-corrected chi connectivity index (χ2v) is 11.1. The predicted molar refractivity (Wildman–Crippen MR) is 137 cm³/mol. The molecule has 0 aromatic rings. The highest BCUT2D eigenvalue weighted by Gasteiger charge is 2.53. The molecule has 0 radical (unpaired) electrons. The van der Waals surface area contributed by atoms with Crippen LogP contribution >= 0.6 is 0 Å². The smallest absolute Gasteiger partial charge is 0.187 e. The van der Waals surface area contributed by atoms with Gasteiger partial charge < -0.3 is 110 Å². The maximum absolute atomic E-state index is 10.6. The number of aliphatic hydroxyl groups is 16. The molecule has 46 heavy (non-hydrogen) atoms. The summed E-state index contributed by atoms with van der Waals surface area (Å²) in [6.07, 6.45) is -32.2. The maximum atomic E-state index is 10.6. The van der Waals surface area contributed by atoms with Crippen LogP contribution in [0.4, 0.5) is 0 Å². The van der Waals surface area contributed by atoms with E-state index in [0.29, 0.717) is 0 Å². The van der Waals surface area contributed by atoms with Gasteiger partial charge in [0.2, 0.25) is 0 Å². The van der Waals surface area contributed by atoms with Crippen molar-refractivity contribution in [2.45, 2.75) is 123 Å². The van der Waals surface area contributed by atoms with Crippen LogP contribution in [0, 0.1) is 0 Å². The summed E-state index contributed by atoms with van der Waals surface area (Å²) in [5.41, 5.74) is 0. The van der Waals surface area contributed by atoms with Gasteiger partial charge >= 0.3 is 0 Å². The largest absolute Gasteiger partial charge is 0.394 e. The molecule has 272 valence electrons. The third kappa shape index (κ3) is 8.45. The quantitative estimate of drug-likeness (QED) is 0.113. The van der Waals surface area contributed by atoms with E-state index in [9.17, 15) is 56.2 Å². The lowest BCUT2D eigenvalue weighted by molar-refractivity contribution is -0.377. The molecule has 0 aliphatic carbocycles. The molecule has 0 aromatic carbocycles. The van der Waals surface area contributed by atoms with E-state index in [2.05, 4.69) is 4.74 Å². The minimum Gasteiger partial charge on any atom is -0.394 e. The molecule has 22 heteroatoms. The topological polar surface area (TPSA) is 379 Å². The molecule has 4 aliphatic rings. The lowest BCUT2D eigenvalue weighted by Gasteiger charge is -2.47. The van der Waals surface area contributed by atoms with Crippen LogP contribution in [-0.2, 0) is 28.4 Å². The van der Waals surface area contributed by atoms with Gasteiger partial charge in [-0.3, -0.25) is 0 Å². The zero-order valence-corrected chi connectivity index (χ0v) is 24.0. The molecule has 16 N–H and O–H groups in total.